The number of methoxy groups -OCH3 is 1. The Morgan fingerprint density at radius 2 is 1.94 bits per heavy atom. The number of nitrogens with one attached hydrogen (secondary N) is 1. The van der Waals surface area contributed by atoms with Gasteiger partial charge in [0.1, 0.15) is 6.04 Å². The highest BCUT2D eigenvalue weighted by atomic mass is 16.5. The molecule has 4 heteroatoms. The number of nitrogens with zero attached hydrogens (tertiary/aromatic N) is 1. The van der Waals surface area contributed by atoms with Gasteiger partial charge < -0.3 is 15.0 Å². The molecular formula is C13H26N2O2. The zero-order valence-corrected chi connectivity index (χ0v) is 11.4. The lowest BCUT2D eigenvalue weighted by Gasteiger charge is -2.29. The zero-order valence-electron chi connectivity index (χ0n) is 11.4. The van der Waals surface area contributed by atoms with Crippen LogP contribution in [0.15, 0.2) is 0 Å². The topological polar surface area (TPSA) is 41.6 Å². The summed E-state index contributed by atoms with van der Waals surface area (Å²) in [5.74, 6) is 0.385. The highest BCUT2D eigenvalue weighted by molar-refractivity contribution is 5.75. The maximum Gasteiger partial charge on any atom is 0.322 e. The van der Waals surface area contributed by atoms with Crippen molar-refractivity contribution in [2.45, 2.75) is 39.2 Å². The molecule has 0 aromatic carbocycles. The van der Waals surface area contributed by atoms with Gasteiger partial charge in [-0.3, -0.25) is 4.79 Å². The Kier molecular flexibility index (Phi) is 6.52. The molecule has 0 aromatic heterocycles. The van der Waals surface area contributed by atoms with Gasteiger partial charge >= 0.3 is 5.97 Å². The molecule has 4 nitrogen and oxygen atoms in total. The molecule has 2 atom stereocenters. The number of esters is 1. The van der Waals surface area contributed by atoms with E-state index in [1.807, 2.05) is 6.92 Å². The van der Waals surface area contributed by atoms with Crippen LogP contribution in [0, 0.1) is 5.92 Å². The molecular weight excluding hydrogens is 216 g/mol. The van der Waals surface area contributed by atoms with Crippen LogP contribution in [0.4, 0.5) is 0 Å². The number of rotatable bonds is 6. The Morgan fingerprint density at radius 3 is 2.53 bits per heavy atom. The van der Waals surface area contributed by atoms with E-state index in [4.69, 9.17) is 0 Å². The van der Waals surface area contributed by atoms with E-state index in [9.17, 15) is 4.79 Å². The first kappa shape index (κ1) is 14.5. The fraction of sp³-hybridized carbons (Fsp3) is 0.923. The van der Waals surface area contributed by atoms with E-state index < -0.39 is 0 Å². The molecule has 1 aliphatic rings. The van der Waals surface area contributed by atoms with Gasteiger partial charge in [0.2, 0.25) is 0 Å². The van der Waals surface area contributed by atoms with Crippen LogP contribution in [0.1, 0.15) is 33.1 Å². The molecule has 1 rings (SSSR count). The van der Waals surface area contributed by atoms with Crippen molar-refractivity contribution in [3.8, 4) is 0 Å². The van der Waals surface area contributed by atoms with Crippen molar-refractivity contribution >= 4 is 5.97 Å². The molecule has 0 saturated carbocycles. The van der Waals surface area contributed by atoms with Crippen LogP contribution < -0.4 is 5.32 Å². The van der Waals surface area contributed by atoms with E-state index in [0.29, 0.717) is 5.92 Å². The molecule has 17 heavy (non-hydrogen) atoms. The molecule has 1 saturated heterocycles. The first-order chi connectivity index (χ1) is 8.13. The van der Waals surface area contributed by atoms with Gasteiger partial charge in [0.05, 0.1) is 7.11 Å². The Hall–Kier alpha value is -0.610. The first-order valence-electron chi connectivity index (χ1n) is 6.67. The normalized spacial score (nSPS) is 20.9. The van der Waals surface area contributed by atoms with Crippen LogP contribution >= 0.6 is 0 Å². The number of carbonyl (C=O) groups excluding carboxylic acids is 1. The lowest BCUT2D eigenvalue weighted by molar-refractivity contribution is -0.142. The van der Waals surface area contributed by atoms with Gasteiger partial charge in [-0.15, -0.1) is 0 Å². The maximum atomic E-state index is 11.2. The lowest BCUT2D eigenvalue weighted by atomic mass is 10.1. The van der Waals surface area contributed by atoms with E-state index in [-0.39, 0.29) is 12.0 Å². The monoisotopic (exact) mass is 242 g/mol. The fourth-order valence-electron chi connectivity index (χ4n) is 2.29. The number of ether oxygens (including phenoxy) is 1. The van der Waals surface area contributed by atoms with Crippen LogP contribution in [-0.2, 0) is 9.53 Å². The molecule has 0 aliphatic carbocycles. The summed E-state index contributed by atoms with van der Waals surface area (Å²) in [7, 11) is 1.43. The number of hydrogen-bond donors (Lipinski definition) is 1. The van der Waals surface area contributed by atoms with Crippen LogP contribution in [0.25, 0.3) is 0 Å². The second-order valence-corrected chi connectivity index (χ2v) is 5.12. The smallest absolute Gasteiger partial charge is 0.322 e. The minimum absolute atomic E-state index is 0.185. The Labute approximate surface area is 105 Å². The van der Waals surface area contributed by atoms with E-state index in [0.717, 1.165) is 13.1 Å². The molecule has 1 N–H and O–H groups in total. The van der Waals surface area contributed by atoms with Crippen molar-refractivity contribution in [2.24, 2.45) is 5.92 Å². The highest BCUT2D eigenvalue weighted by Crippen LogP contribution is 2.10. The standard InChI is InChI=1S/C13H26N2O2/c1-11(9-14-12(2)13(16)17-3)10-15-7-5-4-6-8-15/h11-12,14H,4-10H2,1-3H3. The summed E-state index contributed by atoms with van der Waals surface area (Å²) >= 11 is 0. The molecule has 0 amide bonds. The van der Waals surface area contributed by atoms with Crippen LogP contribution in [-0.4, -0.2) is 50.2 Å². The predicted molar refractivity (Wildman–Crippen MR) is 68.9 cm³/mol. The van der Waals surface area contributed by atoms with Gasteiger partial charge in [-0.25, -0.2) is 0 Å². The number of carbonyl (C=O) groups is 1. The van der Waals surface area contributed by atoms with Gasteiger partial charge in [0.25, 0.3) is 0 Å². The van der Waals surface area contributed by atoms with E-state index in [1.165, 1.54) is 39.5 Å². The predicted octanol–water partition coefficient (Wildman–Crippen LogP) is 1.26. The molecule has 0 bridgehead atoms. The second kappa shape index (κ2) is 7.67. The minimum atomic E-state index is -0.205. The van der Waals surface area contributed by atoms with Crippen molar-refractivity contribution in [3.05, 3.63) is 0 Å². The minimum Gasteiger partial charge on any atom is -0.468 e. The summed E-state index contributed by atoms with van der Waals surface area (Å²) in [6, 6.07) is -0.205. The van der Waals surface area contributed by atoms with Crippen molar-refractivity contribution < 1.29 is 9.53 Å². The number of hydrogen-bond acceptors (Lipinski definition) is 4. The molecule has 1 heterocycles. The summed E-state index contributed by atoms with van der Waals surface area (Å²) in [5, 5.41) is 3.22. The van der Waals surface area contributed by atoms with Crippen LogP contribution in [0.5, 0.6) is 0 Å². The molecule has 1 fully saturated rings. The third-order valence-electron chi connectivity index (χ3n) is 3.35. The summed E-state index contributed by atoms with van der Waals surface area (Å²) in [6.45, 7) is 8.53. The second-order valence-electron chi connectivity index (χ2n) is 5.12. The van der Waals surface area contributed by atoms with Crippen LogP contribution in [0.2, 0.25) is 0 Å². The Balaban J connectivity index is 2.15. The summed E-state index contributed by atoms with van der Waals surface area (Å²) in [5.41, 5.74) is 0. The van der Waals surface area contributed by atoms with Gasteiger partial charge in [-0.05, 0) is 45.3 Å². The van der Waals surface area contributed by atoms with Crippen molar-refractivity contribution in [2.75, 3.05) is 33.3 Å². The Morgan fingerprint density at radius 1 is 1.29 bits per heavy atom. The zero-order chi connectivity index (χ0) is 12.7. The molecule has 100 valence electrons. The SMILES string of the molecule is COC(=O)C(C)NCC(C)CN1CCCCC1. The molecule has 0 aromatic rings. The van der Waals surface area contributed by atoms with Crippen molar-refractivity contribution in [1.82, 2.24) is 10.2 Å². The van der Waals surface area contributed by atoms with Gasteiger partial charge in [-0.1, -0.05) is 13.3 Å². The third-order valence-corrected chi connectivity index (χ3v) is 3.35. The van der Waals surface area contributed by atoms with Crippen molar-refractivity contribution in [3.63, 3.8) is 0 Å². The summed E-state index contributed by atoms with van der Waals surface area (Å²) in [6.07, 6.45) is 4.04. The van der Waals surface area contributed by atoms with E-state index in [2.05, 4.69) is 21.9 Å². The molecule has 0 radical (unpaired) electrons. The highest BCUT2D eigenvalue weighted by Gasteiger charge is 2.16. The van der Waals surface area contributed by atoms with Crippen molar-refractivity contribution in [1.29, 1.82) is 0 Å². The molecule has 2 unspecified atom stereocenters. The van der Waals surface area contributed by atoms with Crippen LogP contribution in [0.3, 0.4) is 0 Å². The van der Waals surface area contributed by atoms with Gasteiger partial charge in [0.15, 0.2) is 0 Å². The lowest BCUT2D eigenvalue weighted by Crippen LogP contribution is -2.41. The average molecular weight is 242 g/mol. The fourth-order valence-corrected chi connectivity index (χ4v) is 2.29. The van der Waals surface area contributed by atoms with Gasteiger partial charge in [-0.2, -0.15) is 0 Å². The molecule has 0 spiro atoms. The summed E-state index contributed by atoms with van der Waals surface area (Å²) in [4.78, 5) is 13.7. The van der Waals surface area contributed by atoms with E-state index in [1.54, 1.807) is 0 Å². The maximum absolute atomic E-state index is 11.2. The average Bonchev–Trinajstić information content (AvgIpc) is 2.36. The Bertz CT molecular complexity index is 227. The largest absolute Gasteiger partial charge is 0.468 e. The third kappa shape index (κ3) is 5.50. The number of likely N-dealkylation sites (tertiary alicyclic amines) is 1. The first-order valence-corrected chi connectivity index (χ1v) is 6.67. The van der Waals surface area contributed by atoms with E-state index >= 15 is 0 Å². The van der Waals surface area contributed by atoms with Gasteiger partial charge in [0, 0.05) is 6.54 Å². The quantitative estimate of drug-likeness (QED) is 0.712. The molecule has 1 aliphatic heterocycles. The summed E-state index contributed by atoms with van der Waals surface area (Å²) < 4.78 is 4.68. The number of piperidine rings is 1.